The first-order chi connectivity index (χ1) is 10.3. The third-order valence-electron chi connectivity index (χ3n) is 4.80. The van der Waals surface area contributed by atoms with Gasteiger partial charge in [0.05, 0.1) is 0 Å². The van der Waals surface area contributed by atoms with Crippen molar-refractivity contribution in [1.82, 2.24) is 15.5 Å². The lowest BCUT2D eigenvalue weighted by Gasteiger charge is -2.27. The molecular formula is C15H29ClN4O3. The number of imide groups is 1. The average Bonchev–Trinajstić information content (AvgIpc) is 2.77. The van der Waals surface area contributed by atoms with Gasteiger partial charge >= 0.3 is 6.03 Å². The van der Waals surface area contributed by atoms with Crippen LogP contribution in [0.3, 0.4) is 0 Å². The van der Waals surface area contributed by atoms with Crippen molar-refractivity contribution in [1.29, 1.82) is 0 Å². The van der Waals surface area contributed by atoms with E-state index in [0.717, 1.165) is 17.7 Å². The molecule has 0 aromatic carbocycles. The van der Waals surface area contributed by atoms with Gasteiger partial charge in [0.25, 0.3) is 5.91 Å². The summed E-state index contributed by atoms with van der Waals surface area (Å²) in [6.07, 6.45) is 2.48. The van der Waals surface area contributed by atoms with E-state index in [1.54, 1.807) is 0 Å². The zero-order chi connectivity index (χ0) is 17.0. The Morgan fingerprint density at radius 3 is 2.13 bits per heavy atom. The monoisotopic (exact) mass is 348 g/mol. The van der Waals surface area contributed by atoms with Crippen molar-refractivity contribution in [2.75, 3.05) is 13.1 Å². The van der Waals surface area contributed by atoms with Gasteiger partial charge in [-0.05, 0) is 25.7 Å². The summed E-state index contributed by atoms with van der Waals surface area (Å²) >= 11 is 0. The topological polar surface area (TPSA) is 105 Å². The molecule has 0 radical (unpaired) electrons. The van der Waals surface area contributed by atoms with Gasteiger partial charge < -0.3 is 16.4 Å². The van der Waals surface area contributed by atoms with Crippen molar-refractivity contribution in [2.45, 2.75) is 64.5 Å². The maximum atomic E-state index is 12.4. The summed E-state index contributed by atoms with van der Waals surface area (Å²) in [6, 6.07) is -0.506. The fourth-order valence-electron chi connectivity index (χ4n) is 2.52. The molecule has 1 heterocycles. The van der Waals surface area contributed by atoms with Gasteiger partial charge in [-0.25, -0.2) is 4.79 Å². The van der Waals surface area contributed by atoms with Crippen LogP contribution in [0.1, 0.15) is 53.4 Å². The number of nitrogens with one attached hydrogen (secondary N) is 2. The van der Waals surface area contributed by atoms with Crippen LogP contribution in [-0.2, 0) is 9.59 Å². The second kappa shape index (κ2) is 8.49. The van der Waals surface area contributed by atoms with Gasteiger partial charge in [-0.2, -0.15) is 0 Å². The molecule has 0 atom stereocenters. The van der Waals surface area contributed by atoms with E-state index < -0.39 is 17.1 Å². The second-order valence-corrected chi connectivity index (χ2v) is 5.96. The third kappa shape index (κ3) is 4.57. The molecule has 1 aliphatic rings. The number of rotatable bonds is 8. The zero-order valence-electron chi connectivity index (χ0n) is 14.4. The predicted molar refractivity (Wildman–Crippen MR) is 91.3 cm³/mol. The quantitative estimate of drug-likeness (QED) is 0.572. The molecule has 0 aromatic heterocycles. The lowest BCUT2D eigenvalue weighted by atomic mass is 9.93. The molecule has 1 rings (SSSR count). The van der Waals surface area contributed by atoms with Crippen molar-refractivity contribution in [3.63, 3.8) is 0 Å². The van der Waals surface area contributed by atoms with Crippen molar-refractivity contribution in [2.24, 2.45) is 5.73 Å². The first-order valence-corrected chi connectivity index (χ1v) is 7.97. The smallest absolute Gasteiger partial charge is 0.325 e. The van der Waals surface area contributed by atoms with Crippen LogP contribution in [0, 0.1) is 0 Å². The van der Waals surface area contributed by atoms with Crippen molar-refractivity contribution in [3.8, 4) is 0 Å². The van der Waals surface area contributed by atoms with Crippen molar-refractivity contribution >= 4 is 30.3 Å². The van der Waals surface area contributed by atoms with Gasteiger partial charge in [-0.1, -0.05) is 27.7 Å². The molecule has 0 unspecified atom stereocenters. The van der Waals surface area contributed by atoms with Gasteiger partial charge in [0.2, 0.25) is 5.91 Å². The summed E-state index contributed by atoms with van der Waals surface area (Å²) in [7, 11) is 0. The molecule has 4 amide bonds. The number of nitrogens with zero attached hydrogens (tertiary/aromatic N) is 1. The first kappa shape index (κ1) is 21.7. The van der Waals surface area contributed by atoms with E-state index in [0.29, 0.717) is 19.4 Å². The Hall–Kier alpha value is -1.34. The normalized spacial score (nSPS) is 16.8. The molecule has 0 aliphatic carbocycles. The SMILES string of the molecule is CCC(N)(CC)CNC(=O)CN1C(=O)NC(CC)(CC)C1=O.Cl. The number of amides is 4. The molecule has 4 N–H and O–H groups in total. The Kier molecular flexibility index (Phi) is 8.00. The second-order valence-electron chi connectivity index (χ2n) is 5.96. The summed E-state index contributed by atoms with van der Waals surface area (Å²) in [5, 5.41) is 5.42. The van der Waals surface area contributed by atoms with Crippen molar-refractivity contribution in [3.05, 3.63) is 0 Å². The Bertz CT molecular complexity index is 448. The number of carbonyl (C=O) groups excluding carboxylic acids is 3. The highest BCUT2D eigenvalue weighted by Crippen LogP contribution is 2.24. The van der Waals surface area contributed by atoms with Gasteiger partial charge in [0.15, 0.2) is 0 Å². The lowest BCUT2D eigenvalue weighted by Crippen LogP contribution is -2.51. The van der Waals surface area contributed by atoms with Crippen molar-refractivity contribution < 1.29 is 14.4 Å². The van der Waals surface area contributed by atoms with Crippen LogP contribution in [0.2, 0.25) is 0 Å². The molecule has 0 spiro atoms. The molecule has 134 valence electrons. The van der Waals surface area contributed by atoms with Crippen LogP contribution >= 0.6 is 12.4 Å². The third-order valence-corrected chi connectivity index (χ3v) is 4.80. The van der Waals surface area contributed by atoms with Crippen LogP contribution in [-0.4, -0.2) is 46.9 Å². The highest BCUT2D eigenvalue weighted by Gasteiger charge is 2.49. The minimum atomic E-state index is -0.873. The van der Waals surface area contributed by atoms with Crippen LogP contribution in [0.15, 0.2) is 0 Å². The Balaban J connectivity index is 0.00000484. The van der Waals surface area contributed by atoms with Crippen LogP contribution < -0.4 is 16.4 Å². The Labute approximate surface area is 144 Å². The average molecular weight is 349 g/mol. The summed E-state index contributed by atoms with van der Waals surface area (Å²) in [6.45, 7) is 7.67. The Morgan fingerprint density at radius 1 is 1.22 bits per heavy atom. The van der Waals surface area contributed by atoms with Crippen LogP contribution in [0.5, 0.6) is 0 Å². The highest BCUT2D eigenvalue weighted by atomic mass is 35.5. The van der Waals surface area contributed by atoms with Crippen LogP contribution in [0.25, 0.3) is 0 Å². The molecule has 0 aromatic rings. The fraction of sp³-hybridized carbons (Fsp3) is 0.800. The first-order valence-electron chi connectivity index (χ1n) is 7.97. The summed E-state index contributed by atoms with van der Waals surface area (Å²) in [5.74, 6) is -0.703. The molecule has 8 heteroatoms. The van der Waals surface area contributed by atoms with E-state index in [-0.39, 0.29) is 30.8 Å². The minimum absolute atomic E-state index is 0. The fourth-order valence-corrected chi connectivity index (χ4v) is 2.52. The minimum Gasteiger partial charge on any atom is -0.353 e. The summed E-state index contributed by atoms with van der Waals surface area (Å²) in [5.41, 5.74) is 4.79. The van der Waals surface area contributed by atoms with Crippen LogP contribution in [0.4, 0.5) is 4.79 Å². The number of carbonyl (C=O) groups is 3. The van der Waals surface area contributed by atoms with E-state index in [4.69, 9.17) is 5.73 Å². The zero-order valence-corrected chi connectivity index (χ0v) is 15.2. The van der Waals surface area contributed by atoms with Gasteiger partial charge in [0, 0.05) is 12.1 Å². The molecular weight excluding hydrogens is 320 g/mol. The standard InChI is InChI=1S/C15H28N4O3.ClH/c1-5-14(16,6-2)10-17-11(20)9-19-12(21)15(7-3,8-4)18-13(19)22;/h5-10,16H2,1-4H3,(H,17,20)(H,18,22);1H. The van der Waals surface area contributed by atoms with Gasteiger partial charge in [-0.3, -0.25) is 14.5 Å². The van der Waals surface area contributed by atoms with E-state index in [1.807, 2.05) is 27.7 Å². The number of hydrogen-bond acceptors (Lipinski definition) is 4. The molecule has 1 fully saturated rings. The molecule has 23 heavy (non-hydrogen) atoms. The Morgan fingerprint density at radius 2 is 1.74 bits per heavy atom. The lowest BCUT2D eigenvalue weighted by molar-refractivity contribution is -0.135. The summed E-state index contributed by atoms with van der Waals surface area (Å²) < 4.78 is 0. The largest absolute Gasteiger partial charge is 0.353 e. The number of nitrogens with two attached hydrogens (primary N) is 1. The molecule has 0 saturated carbocycles. The van der Waals surface area contributed by atoms with E-state index >= 15 is 0 Å². The summed E-state index contributed by atoms with van der Waals surface area (Å²) in [4.78, 5) is 37.3. The predicted octanol–water partition coefficient (Wildman–Crippen LogP) is 1.15. The maximum Gasteiger partial charge on any atom is 0.325 e. The van der Waals surface area contributed by atoms with Gasteiger partial charge in [-0.15, -0.1) is 12.4 Å². The van der Waals surface area contributed by atoms with E-state index in [9.17, 15) is 14.4 Å². The number of halogens is 1. The molecule has 7 nitrogen and oxygen atoms in total. The number of hydrogen-bond donors (Lipinski definition) is 3. The molecule has 0 bridgehead atoms. The maximum absolute atomic E-state index is 12.4. The molecule has 1 aliphatic heterocycles. The number of urea groups is 1. The molecule has 1 saturated heterocycles. The van der Waals surface area contributed by atoms with Gasteiger partial charge in [0.1, 0.15) is 12.1 Å². The van der Waals surface area contributed by atoms with E-state index in [1.165, 1.54) is 0 Å². The highest BCUT2D eigenvalue weighted by molar-refractivity contribution is 6.08. The van der Waals surface area contributed by atoms with E-state index in [2.05, 4.69) is 10.6 Å².